The summed E-state index contributed by atoms with van der Waals surface area (Å²) in [4.78, 5) is 0. The second-order valence-electron chi connectivity index (χ2n) is 6.52. The maximum absolute atomic E-state index is 6.14. The Bertz CT molecular complexity index is 704. The molecule has 27 heavy (non-hydrogen) atoms. The first-order chi connectivity index (χ1) is 13.4. The topological polar surface area (TPSA) is 18.5 Å². The van der Waals surface area contributed by atoms with Crippen molar-refractivity contribution < 1.29 is 9.05 Å². The van der Waals surface area contributed by atoms with Gasteiger partial charge >= 0.3 is 0 Å². The molecule has 0 saturated heterocycles. The third-order valence-corrected chi connectivity index (χ3v) is 5.85. The van der Waals surface area contributed by atoms with Crippen LogP contribution in [-0.2, 0) is 28.7 Å². The van der Waals surface area contributed by atoms with E-state index in [1.165, 1.54) is 16.7 Å². The Kier molecular flexibility index (Phi) is 8.54. The Balaban J connectivity index is 1.47. The lowest BCUT2D eigenvalue weighted by atomic mass is 10.1. The molecule has 0 unspecified atom stereocenters. The van der Waals surface area contributed by atoms with Crippen molar-refractivity contribution in [1.29, 1.82) is 0 Å². The maximum atomic E-state index is 6.14. The van der Waals surface area contributed by atoms with Crippen LogP contribution in [0.25, 0.3) is 0 Å². The fourth-order valence-electron chi connectivity index (χ4n) is 2.82. The summed E-state index contributed by atoms with van der Waals surface area (Å²) < 4.78 is 12.3. The van der Waals surface area contributed by atoms with Gasteiger partial charge in [-0.2, -0.15) is 0 Å². The summed E-state index contributed by atoms with van der Waals surface area (Å²) in [7, 11) is -0.889. The number of rotatable bonds is 11. The number of aryl methyl sites for hydroxylation is 1. The van der Waals surface area contributed by atoms with Crippen molar-refractivity contribution in [1.82, 2.24) is 0 Å². The number of hydrogen-bond donors (Lipinski definition) is 0. The molecule has 0 aliphatic heterocycles. The predicted octanol–water partition coefficient (Wildman–Crippen LogP) is 6.75. The third-order valence-electron chi connectivity index (χ3n) is 4.34. The molecular weight excluding hydrogens is 351 g/mol. The molecule has 3 aromatic carbocycles. The lowest BCUT2D eigenvalue weighted by Crippen LogP contribution is -1.98. The van der Waals surface area contributed by atoms with Gasteiger partial charge in [-0.1, -0.05) is 91.0 Å². The minimum absolute atomic E-state index is 0.611. The van der Waals surface area contributed by atoms with Gasteiger partial charge in [-0.3, -0.25) is 0 Å². The van der Waals surface area contributed by atoms with Gasteiger partial charge < -0.3 is 9.05 Å². The van der Waals surface area contributed by atoms with Crippen molar-refractivity contribution in [3.8, 4) is 0 Å². The van der Waals surface area contributed by atoms with Crippen molar-refractivity contribution in [3.63, 3.8) is 0 Å². The van der Waals surface area contributed by atoms with Crippen LogP contribution in [0.1, 0.15) is 29.5 Å². The van der Waals surface area contributed by atoms with Crippen LogP contribution in [0.4, 0.5) is 0 Å². The van der Waals surface area contributed by atoms with E-state index in [4.69, 9.17) is 9.05 Å². The molecule has 0 aliphatic carbocycles. The smallest absolute Gasteiger partial charge is 0.171 e. The number of unbranched alkanes of at least 4 members (excludes halogenated alkanes) is 1. The van der Waals surface area contributed by atoms with Gasteiger partial charge in [0, 0.05) is 6.16 Å². The minimum atomic E-state index is -0.889. The number of hydrogen-bond acceptors (Lipinski definition) is 2. The normalized spacial score (nSPS) is 11.0. The number of benzene rings is 3. The van der Waals surface area contributed by atoms with E-state index < -0.39 is 8.38 Å². The average molecular weight is 378 g/mol. The molecule has 0 fully saturated rings. The first kappa shape index (κ1) is 19.8. The largest absolute Gasteiger partial charge is 0.329 e. The highest BCUT2D eigenvalue weighted by Crippen LogP contribution is 2.41. The molecule has 0 spiro atoms. The summed E-state index contributed by atoms with van der Waals surface area (Å²) in [6.45, 7) is 1.22. The molecule has 0 radical (unpaired) electrons. The zero-order valence-corrected chi connectivity index (χ0v) is 16.6. The second kappa shape index (κ2) is 11.7. The van der Waals surface area contributed by atoms with Crippen LogP contribution in [0.15, 0.2) is 91.0 Å². The first-order valence-electron chi connectivity index (χ1n) is 9.55. The molecule has 0 aliphatic rings. The van der Waals surface area contributed by atoms with Gasteiger partial charge in [0.05, 0.1) is 13.2 Å². The fourth-order valence-corrected chi connectivity index (χ4v) is 4.22. The van der Waals surface area contributed by atoms with Gasteiger partial charge in [-0.25, -0.2) is 0 Å². The van der Waals surface area contributed by atoms with Gasteiger partial charge in [0.15, 0.2) is 8.38 Å². The quantitative estimate of drug-likeness (QED) is 0.271. The molecule has 0 bridgehead atoms. The highest BCUT2D eigenvalue weighted by molar-refractivity contribution is 7.47. The van der Waals surface area contributed by atoms with E-state index in [0.717, 1.165) is 25.4 Å². The molecule has 3 heteroatoms. The minimum Gasteiger partial charge on any atom is -0.329 e. The maximum Gasteiger partial charge on any atom is 0.171 e. The van der Waals surface area contributed by atoms with E-state index in [1.54, 1.807) is 0 Å². The summed E-state index contributed by atoms with van der Waals surface area (Å²) in [5.41, 5.74) is 3.78. The first-order valence-corrected chi connectivity index (χ1v) is 10.9. The average Bonchev–Trinajstić information content (AvgIpc) is 2.75. The van der Waals surface area contributed by atoms with E-state index in [-0.39, 0.29) is 0 Å². The van der Waals surface area contributed by atoms with Crippen LogP contribution >= 0.6 is 8.38 Å². The van der Waals surface area contributed by atoms with Gasteiger partial charge in [-0.05, 0) is 36.0 Å². The molecule has 0 amide bonds. The zero-order chi connectivity index (χ0) is 18.6. The molecule has 3 rings (SSSR count). The SMILES string of the molecule is c1ccc(CCCCP(OCc2ccccc2)OCc2ccccc2)cc1. The zero-order valence-electron chi connectivity index (χ0n) is 15.7. The van der Waals surface area contributed by atoms with Crippen molar-refractivity contribution in [2.45, 2.75) is 32.5 Å². The van der Waals surface area contributed by atoms with E-state index in [1.807, 2.05) is 36.4 Å². The van der Waals surface area contributed by atoms with Gasteiger partial charge in [0.25, 0.3) is 0 Å². The van der Waals surface area contributed by atoms with E-state index in [0.29, 0.717) is 13.2 Å². The molecule has 2 nitrogen and oxygen atoms in total. The van der Waals surface area contributed by atoms with Crippen LogP contribution < -0.4 is 0 Å². The van der Waals surface area contributed by atoms with Crippen molar-refractivity contribution >= 4 is 8.38 Å². The molecule has 0 atom stereocenters. The lowest BCUT2D eigenvalue weighted by molar-refractivity contribution is 0.235. The Hall–Kier alpha value is -1.99. The molecule has 140 valence electrons. The van der Waals surface area contributed by atoms with Gasteiger partial charge in [0.2, 0.25) is 0 Å². The second-order valence-corrected chi connectivity index (χ2v) is 8.15. The van der Waals surface area contributed by atoms with Crippen LogP contribution in [0.2, 0.25) is 0 Å². The molecule has 0 heterocycles. The molecule has 0 saturated carbocycles. The van der Waals surface area contributed by atoms with Crippen molar-refractivity contribution in [2.75, 3.05) is 6.16 Å². The molecular formula is C24H27O2P. The lowest BCUT2D eigenvalue weighted by Gasteiger charge is -2.18. The Labute approximate surface area is 164 Å². The summed E-state index contributed by atoms with van der Waals surface area (Å²) in [6.07, 6.45) is 4.36. The van der Waals surface area contributed by atoms with E-state index in [9.17, 15) is 0 Å². The third kappa shape index (κ3) is 7.64. The summed E-state index contributed by atoms with van der Waals surface area (Å²) in [5.74, 6) is 0. The molecule has 0 aromatic heterocycles. The molecule has 3 aromatic rings. The summed E-state index contributed by atoms with van der Waals surface area (Å²) in [5, 5.41) is 0. The molecule has 0 N–H and O–H groups in total. The monoisotopic (exact) mass is 378 g/mol. The van der Waals surface area contributed by atoms with Crippen LogP contribution in [0.3, 0.4) is 0 Å². The van der Waals surface area contributed by atoms with E-state index in [2.05, 4.69) is 54.6 Å². The van der Waals surface area contributed by atoms with Crippen LogP contribution in [-0.4, -0.2) is 6.16 Å². The van der Waals surface area contributed by atoms with Gasteiger partial charge in [-0.15, -0.1) is 0 Å². The predicted molar refractivity (Wildman–Crippen MR) is 114 cm³/mol. The Morgan fingerprint density at radius 2 is 0.963 bits per heavy atom. The van der Waals surface area contributed by atoms with Crippen molar-refractivity contribution in [3.05, 3.63) is 108 Å². The Morgan fingerprint density at radius 1 is 0.519 bits per heavy atom. The van der Waals surface area contributed by atoms with Gasteiger partial charge in [0.1, 0.15) is 0 Å². The standard InChI is InChI=1S/C24H27O2P/c1-4-12-22(13-5-1)14-10-11-19-27(25-20-23-15-6-2-7-16-23)26-21-24-17-8-3-9-18-24/h1-9,12-13,15-18H,10-11,14,19-21H2. The highest BCUT2D eigenvalue weighted by Gasteiger charge is 2.11. The summed E-state index contributed by atoms with van der Waals surface area (Å²) in [6, 6.07) is 31.3. The van der Waals surface area contributed by atoms with Crippen LogP contribution in [0, 0.1) is 0 Å². The Morgan fingerprint density at radius 3 is 1.44 bits per heavy atom. The highest BCUT2D eigenvalue weighted by atomic mass is 31.2. The summed E-state index contributed by atoms with van der Waals surface area (Å²) >= 11 is 0. The van der Waals surface area contributed by atoms with E-state index >= 15 is 0 Å². The van der Waals surface area contributed by atoms with Crippen molar-refractivity contribution in [2.24, 2.45) is 0 Å². The van der Waals surface area contributed by atoms with Crippen LogP contribution in [0.5, 0.6) is 0 Å². The fraction of sp³-hybridized carbons (Fsp3) is 0.250.